The van der Waals surface area contributed by atoms with Crippen LogP contribution >= 0.6 is 0 Å². The van der Waals surface area contributed by atoms with Crippen molar-refractivity contribution in [3.05, 3.63) is 42.1 Å². The van der Waals surface area contributed by atoms with Gasteiger partial charge in [0.15, 0.2) is 5.82 Å². The van der Waals surface area contributed by atoms with Crippen LogP contribution in [-0.4, -0.2) is 14.8 Å². The second kappa shape index (κ2) is 3.57. The molecule has 0 aliphatic carbocycles. The number of hydrogen-bond acceptors (Lipinski definition) is 2. The number of halogens is 1. The summed E-state index contributed by atoms with van der Waals surface area (Å²) in [7, 11) is 0. The van der Waals surface area contributed by atoms with Crippen molar-refractivity contribution in [2.45, 2.75) is 13.3 Å². The molecule has 2 aromatic heterocycles. The summed E-state index contributed by atoms with van der Waals surface area (Å²) >= 11 is 0. The monoisotopic (exact) mass is 191 g/mol. The summed E-state index contributed by atoms with van der Waals surface area (Å²) in [4.78, 5) is 4.17. The highest BCUT2D eigenvalue weighted by atomic mass is 19.1. The normalized spacial score (nSPS) is 10.4. The molecule has 3 nitrogen and oxygen atoms in total. The molecule has 0 atom stereocenters. The number of aryl methyl sites for hydroxylation is 1. The van der Waals surface area contributed by atoms with Gasteiger partial charge in [-0.2, -0.15) is 4.39 Å². The van der Waals surface area contributed by atoms with E-state index < -0.39 is 5.95 Å². The van der Waals surface area contributed by atoms with Gasteiger partial charge in [0, 0.05) is 18.5 Å². The van der Waals surface area contributed by atoms with E-state index in [0.29, 0.717) is 5.82 Å². The Morgan fingerprint density at radius 3 is 2.71 bits per heavy atom. The first kappa shape index (κ1) is 8.87. The zero-order chi connectivity index (χ0) is 9.97. The number of nitrogens with zero attached hydrogens (tertiary/aromatic N) is 3. The van der Waals surface area contributed by atoms with Crippen molar-refractivity contribution in [1.29, 1.82) is 0 Å². The SMILES string of the molecule is CCc1ccc(-n2ccc(F)n2)nc1. The molecule has 0 bridgehead atoms. The Morgan fingerprint density at radius 1 is 1.36 bits per heavy atom. The lowest BCUT2D eigenvalue weighted by Gasteiger charge is -2.00. The third kappa shape index (κ3) is 1.64. The molecule has 0 saturated carbocycles. The number of aromatic nitrogens is 3. The molecule has 0 spiro atoms. The van der Waals surface area contributed by atoms with Crippen molar-refractivity contribution in [1.82, 2.24) is 14.8 Å². The average molecular weight is 191 g/mol. The minimum absolute atomic E-state index is 0.494. The lowest BCUT2D eigenvalue weighted by Crippen LogP contribution is -1.98. The minimum atomic E-state index is -0.494. The lowest BCUT2D eigenvalue weighted by atomic mass is 10.2. The first-order valence-electron chi connectivity index (χ1n) is 4.46. The standard InChI is InChI=1S/C10H10FN3/c1-2-8-3-4-10(12-7-8)14-6-5-9(11)13-14/h3-7H,2H2,1H3. The van der Waals surface area contributed by atoms with Gasteiger partial charge < -0.3 is 0 Å². The molecule has 72 valence electrons. The Hall–Kier alpha value is -1.71. The van der Waals surface area contributed by atoms with Gasteiger partial charge in [0.2, 0.25) is 5.95 Å². The van der Waals surface area contributed by atoms with Crippen LogP contribution in [-0.2, 0) is 6.42 Å². The first-order valence-corrected chi connectivity index (χ1v) is 4.46. The Morgan fingerprint density at radius 2 is 2.21 bits per heavy atom. The van der Waals surface area contributed by atoms with Gasteiger partial charge in [0.1, 0.15) is 0 Å². The average Bonchev–Trinajstić information content (AvgIpc) is 2.65. The fraction of sp³-hybridized carbons (Fsp3) is 0.200. The molecule has 0 unspecified atom stereocenters. The zero-order valence-electron chi connectivity index (χ0n) is 7.81. The second-order valence-electron chi connectivity index (χ2n) is 2.96. The lowest BCUT2D eigenvalue weighted by molar-refractivity contribution is 0.564. The van der Waals surface area contributed by atoms with Crippen molar-refractivity contribution in [2.75, 3.05) is 0 Å². The highest BCUT2D eigenvalue weighted by molar-refractivity contribution is 5.24. The Labute approximate surface area is 81.2 Å². The molecule has 0 radical (unpaired) electrons. The van der Waals surface area contributed by atoms with Gasteiger partial charge in [-0.25, -0.2) is 9.67 Å². The van der Waals surface area contributed by atoms with Crippen LogP contribution in [0, 0.1) is 5.95 Å². The van der Waals surface area contributed by atoms with Gasteiger partial charge in [-0.3, -0.25) is 0 Å². The van der Waals surface area contributed by atoms with Crippen LogP contribution in [0.4, 0.5) is 4.39 Å². The maximum Gasteiger partial charge on any atom is 0.233 e. The molecular weight excluding hydrogens is 181 g/mol. The Balaban J connectivity index is 2.33. The van der Waals surface area contributed by atoms with Gasteiger partial charge in [-0.05, 0) is 18.1 Å². The summed E-state index contributed by atoms with van der Waals surface area (Å²) in [6.45, 7) is 2.06. The molecule has 0 N–H and O–H groups in total. The molecule has 0 fully saturated rings. The first-order chi connectivity index (χ1) is 6.79. The molecule has 0 aromatic carbocycles. The molecule has 4 heteroatoms. The molecular formula is C10H10FN3. The molecule has 2 heterocycles. The van der Waals surface area contributed by atoms with Crippen LogP contribution in [0.3, 0.4) is 0 Å². The van der Waals surface area contributed by atoms with Gasteiger partial charge >= 0.3 is 0 Å². The fourth-order valence-corrected chi connectivity index (χ4v) is 1.19. The Bertz CT molecular complexity index is 419. The van der Waals surface area contributed by atoms with E-state index in [-0.39, 0.29) is 0 Å². The van der Waals surface area contributed by atoms with E-state index in [2.05, 4.69) is 17.0 Å². The minimum Gasteiger partial charge on any atom is -0.237 e. The molecule has 14 heavy (non-hydrogen) atoms. The molecule has 2 aromatic rings. The van der Waals surface area contributed by atoms with Crippen LogP contribution in [0.2, 0.25) is 0 Å². The Kier molecular flexibility index (Phi) is 2.26. The van der Waals surface area contributed by atoms with E-state index in [1.165, 1.54) is 10.7 Å². The summed E-state index contributed by atoms with van der Waals surface area (Å²) in [6.07, 6.45) is 4.26. The van der Waals surface area contributed by atoms with Crippen LogP contribution in [0.25, 0.3) is 5.82 Å². The van der Waals surface area contributed by atoms with E-state index in [1.807, 2.05) is 12.1 Å². The summed E-state index contributed by atoms with van der Waals surface area (Å²) in [5.74, 6) is 0.137. The van der Waals surface area contributed by atoms with Crippen molar-refractivity contribution < 1.29 is 4.39 Å². The van der Waals surface area contributed by atoms with E-state index in [9.17, 15) is 4.39 Å². The maximum absolute atomic E-state index is 12.6. The van der Waals surface area contributed by atoms with Crippen LogP contribution in [0.1, 0.15) is 12.5 Å². The molecule has 0 aliphatic rings. The highest BCUT2D eigenvalue weighted by Crippen LogP contribution is 2.05. The van der Waals surface area contributed by atoms with E-state index >= 15 is 0 Å². The van der Waals surface area contributed by atoms with Crippen molar-refractivity contribution in [3.63, 3.8) is 0 Å². The number of hydrogen-bond donors (Lipinski definition) is 0. The van der Waals surface area contributed by atoms with Crippen molar-refractivity contribution in [2.24, 2.45) is 0 Å². The van der Waals surface area contributed by atoms with Crippen molar-refractivity contribution >= 4 is 0 Å². The van der Waals surface area contributed by atoms with Crippen LogP contribution in [0.5, 0.6) is 0 Å². The van der Waals surface area contributed by atoms with Crippen LogP contribution in [0.15, 0.2) is 30.6 Å². The summed E-state index contributed by atoms with van der Waals surface area (Å²) in [5.41, 5.74) is 1.15. The van der Waals surface area contributed by atoms with Gasteiger partial charge in [0.05, 0.1) is 0 Å². The summed E-state index contributed by atoms with van der Waals surface area (Å²) in [6, 6.07) is 5.09. The highest BCUT2D eigenvalue weighted by Gasteiger charge is 2.00. The molecule has 2 rings (SSSR count). The quantitative estimate of drug-likeness (QED) is 0.726. The van der Waals surface area contributed by atoms with Gasteiger partial charge in [-0.15, -0.1) is 5.10 Å². The number of rotatable bonds is 2. The molecule has 0 saturated heterocycles. The molecule has 0 aliphatic heterocycles. The van der Waals surface area contributed by atoms with Gasteiger partial charge in [-0.1, -0.05) is 13.0 Å². The predicted molar refractivity (Wildman–Crippen MR) is 50.7 cm³/mol. The smallest absolute Gasteiger partial charge is 0.233 e. The third-order valence-corrected chi connectivity index (χ3v) is 2.01. The zero-order valence-corrected chi connectivity index (χ0v) is 7.81. The predicted octanol–water partition coefficient (Wildman–Crippen LogP) is 1.97. The summed E-state index contributed by atoms with van der Waals surface area (Å²) < 4.78 is 14.0. The third-order valence-electron chi connectivity index (χ3n) is 2.01. The largest absolute Gasteiger partial charge is 0.237 e. The molecule has 0 amide bonds. The van der Waals surface area contributed by atoms with Crippen LogP contribution < -0.4 is 0 Å². The second-order valence-corrected chi connectivity index (χ2v) is 2.96. The number of pyridine rings is 1. The van der Waals surface area contributed by atoms with Gasteiger partial charge in [0.25, 0.3) is 0 Å². The topological polar surface area (TPSA) is 30.7 Å². The maximum atomic E-state index is 12.6. The van der Waals surface area contributed by atoms with E-state index in [0.717, 1.165) is 12.0 Å². The fourth-order valence-electron chi connectivity index (χ4n) is 1.19. The van der Waals surface area contributed by atoms with E-state index in [1.54, 1.807) is 12.4 Å². The van der Waals surface area contributed by atoms with Crippen molar-refractivity contribution in [3.8, 4) is 5.82 Å². The summed E-state index contributed by atoms with van der Waals surface area (Å²) in [5, 5.41) is 3.62. The van der Waals surface area contributed by atoms with E-state index in [4.69, 9.17) is 0 Å².